The molecule has 0 saturated heterocycles. The fourth-order valence-corrected chi connectivity index (χ4v) is 2.98. The van der Waals surface area contributed by atoms with Crippen molar-refractivity contribution >= 4 is 21.4 Å². The number of hydrogen-bond donors (Lipinski definition) is 0. The van der Waals surface area contributed by atoms with Crippen molar-refractivity contribution in [2.75, 3.05) is 5.88 Å². The molecule has 17 heavy (non-hydrogen) atoms. The average Bonchev–Trinajstić information content (AvgIpc) is 2.29. The summed E-state index contributed by atoms with van der Waals surface area (Å²) in [7, 11) is -3.16. The standard InChI is InChI=1S/C13H19ClO2S/c1-10(2)17(15,16)13-6-4-12(5-7-13)11(3)8-9-14/h4-7,10-11H,8-9H2,1-3H3. The molecule has 1 atom stereocenters. The van der Waals surface area contributed by atoms with Crippen molar-refractivity contribution in [1.82, 2.24) is 0 Å². The topological polar surface area (TPSA) is 34.1 Å². The molecule has 0 aliphatic rings. The van der Waals surface area contributed by atoms with Gasteiger partial charge in [-0.05, 0) is 43.9 Å². The average molecular weight is 275 g/mol. The minimum atomic E-state index is -3.16. The first-order valence-corrected chi connectivity index (χ1v) is 7.87. The van der Waals surface area contributed by atoms with Crippen LogP contribution < -0.4 is 0 Å². The van der Waals surface area contributed by atoms with Gasteiger partial charge in [-0.1, -0.05) is 19.1 Å². The van der Waals surface area contributed by atoms with Crippen LogP contribution in [0.3, 0.4) is 0 Å². The van der Waals surface area contributed by atoms with Crippen LogP contribution in [0.25, 0.3) is 0 Å². The van der Waals surface area contributed by atoms with Gasteiger partial charge >= 0.3 is 0 Å². The molecular weight excluding hydrogens is 256 g/mol. The summed E-state index contributed by atoms with van der Waals surface area (Å²) < 4.78 is 23.8. The minimum absolute atomic E-state index is 0.364. The number of halogens is 1. The Kier molecular flexibility index (Phi) is 5.02. The van der Waals surface area contributed by atoms with Crippen molar-refractivity contribution in [3.05, 3.63) is 29.8 Å². The van der Waals surface area contributed by atoms with Crippen molar-refractivity contribution in [2.45, 2.75) is 43.3 Å². The molecule has 1 rings (SSSR count). The lowest BCUT2D eigenvalue weighted by Gasteiger charge is -2.12. The van der Waals surface area contributed by atoms with E-state index in [1.54, 1.807) is 26.0 Å². The van der Waals surface area contributed by atoms with Crippen molar-refractivity contribution in [3.8, 4) is 0 Å². The SMILES string of the molecule is CC(CCCl)c1ccc(S(=O)(=O)C(C)C)cc1. The minimum Gasteiger partial charge on any atom is -0.223 e. The van der Waals surface area contributed by atoms with Gasteiger partial charge in [0.1, 0.15) is 0 Å². The third-order valence-corrected chi connectivity index (χ3v) is 5.33. The smallest absolute Gasteiger partial charge is 0.180 e. The lowest BCUT2D eigenvalue weighted by molar-refractivity contribution is 0.587. The Bertz CT molecular complexity index is 449. The molecule has 0 aliphatic heterocycles. The van der Waals surface area contributed by atoms with Gasteiger partial charge in [-0.15, -0.1) is 11.6 Å². The van der Waals surface area contributed by atoms with Crippen molar-refractivity contribution in [2.24, 2.45) is 0 Å². The van der Waals surface area contributed by atoms with Gasteiger partial charge in [-0.3, -0.25) is 0 Å². The molecule has 0 aromatic heterocycles. The summed E-state index contributed by atoms with van der Waals surface area (Å²) in [5.74, 6) is 0.982. The lowest BCUT2D eigenvalue weighted by atomic mass is 9.99. The largest absolute Gasteiger partial charge is 0.223 e. The second kappa shape index (κ2) is 5.87. The second-order valence-corrected chi connectivity index (χ2v) is 7.42. The summed E-state index contributed by atoms with van der Waals surface area (Å²) >= 11 is 5.70. The molecule has 1 aromatic carbocycles. The fraction of sp³-hybridized carbons (Fsp3) is 0.538. The highest BCUT2D eigenvalue weighted by Gasteiger charge is 2.19. The van der Waals surface area contributed by atoms with Gasteiger partial charge in [0.05, 0.1) is 10.1 Å². The Labute approximate surface area is 109 Å². The molecule has 0 spiro atoms. The van der Waals surface area contributed by atoms with Crippen LogP contribution in [0.4, 0.5) is 0 Å². The molecule has 0 bridgehead atoms. The van der Waals surface area contributed by atoms with Gasteiger partial charge in [0.25, 0.3) is 0 Å². The Morgan fingerprint density at radius 3 is 2.06 bits per heavy atom. The van der Waals surface area contributed by atoms with Crippen LogP contribution >= 0.6 is 11.6 Å². The predicted molar refractivity (Wildman–Crippen MR) is 72.5 cm³/mol. The van der Waals surface area contributed by atoms with E-state index in [0.29, 0.717) is 16.7 Å². The molecular formula is C13H19ClO2S. The first kappa shape index (κ1) is 14.5. The maximum Gasteiger partial charge on any atom is 0.180 e. The van der Waals surface area contributed by atoms with Gasteiger partial charge in [-0.2, -0.15) is 0 Å². The van der Waals surface area contributed by atoms with Crippen LogP contribution in [0.1, 0.15) is 38.7 Å². The molecule has 96 valence electrons. The Morgan fingerprint density at radius 2 is 1.65 bits per heavy atom. The van der Waals surface area contributed by atoms with E-state index < -0.39 is 9.84 Å². The van der Waals surface area contributed by atoms with E-state index in [0.717, 1.165) is 12.0 Å². The van der Waals surface area contributed by atoms with E-state index in [1.165, 1.54) is 0 Å². The highest BCUT2D eigenvalue weighted by molar-refractivity contribution is 7.92. The van der Waals surface area contributed by atoms with Crippen LogP contribution in [0.15, 0.2) is 29.2 Å². The van der Waals surface area contributed by atoms with Gasteiger partial charge < -0.3 is 0 Å². The molecule has 1 aromatic rings. The zero-order valence-electron chi connectivity index (χ0n) is 10.5. The van der Waals surface area contributed by atoms with Crippen LogP contribution in [0.2, 0.25) is 0 Å². The number of alkyl halides is 1. The van der Waals surface area contributed by atoms with E-state index in [2.05, 4.69) is 6.92 Å². The molecule has 4 heteroatoms. The van der Waals surface area contributed by atoms with Crippen LogP contribution in [-0.2, 0) is 9.84 Å². The maximum atomic E-state index is 11.9. The van der Waals surface area contributed by atoms with E-state index >= 15 is 0 Å². The van der Waals surface area contributed by atoms with Gasteiger partial charge in [0.15, 0.2) is 9.84 Å². The lowest BCUT2D eigenvalue weighted by Crippen LogP contribution is -2.13. The molecule has 0 fully saturated rings. The van der Waals surface area contributed by atoms with E-state index in [4.69, 9.17) is 11.6 Å². The Morgan fingerprint density at radius 1 is 1.12 bits per heavy atom. The monoisotopic (exact) mass is 274 g/mol. The van der Waals surface area contributed by atoms with Crippen LogP contribution in [0, 0.1) is 0 Å². The number of sulfone groups is 1. The first-order chi connectivity index (χ1) is 7.89. The van der Waals surface area contributed by atoms with E-state index in [1.807, 2.05) is 12.1 Å². The third kappa shape index (κ3) is 3.46. The van der Waals surface area contributed by atoms with E-state index in [-0.39, 0.29) is 5.25 Å². The highest BCUT2D eigenvalue weighted by atomic mass is 35.5. The van der Waals surface area contributed by atoms with Crippen molar-refractivity contribution in [1.29, 1.82) is 0 Å². The summed E-state index contributed by atoms with van der Waals surface area (Å²) in [4.78, 5) is 0.398. The number of rotatable bonds is 5. The molecule has 0 N–H and O–H groups in total. The zero-order valence-corrected chi connectivity index (χ0v) is 12.1. The van der Waals surface area contributed by atoms with Gasteiger partial charge in [0.2, 0.25) is 0 Å². The second-order valence-electron chi connectivity index (χ2n) is 4.54. The zero-order chi connectivity index (χ0) is 13.1. The molecule has 2 nitrogen and oxygen atoms in total. The summed E-state index contributed by atoms with van der Waals surface area (Å²) in [6.45, 7) is 5.48. The quantitative estimate of drug-likeness (QED) is 0.769. The molecule has 0 saturated carbocycles. The molecule has 0 heterocycles. The third-order valence-electron chi connectivity index (χ3n) is 2.94. The van der Waals surface area contributed by atoms with Crippen molar-refractivity contribution in [3.63, 3.8) is 0 Å². The summed E-state index contributed by atoms with van der Waals surface area (Å²) in [5.41, 5.74) is 1.13. The normalized spacial score (nSPS) is 13.9. The van der Waals surface area contributed by atoms with E-state index in [9.17, 15) is 8.42 Å². The summed E-state index contributed by atoms with van der Waals surface area (Å²) in [6, 6.07) is 7.14. The summed E-state index contributed by atoms with van der Waals surface area (Å²) in [6.07, 6.45) is 0.901. The number of benzene rings is 1. The van der Waals surface area contributed by atoms with Crippen molar-refractivity contribution < 1.29 is 8.42 Å². The van der Waals surface area contributed by atoms with Crippen LogP contribution in [-0.4, -0.2) is 19.5 Å². The molecule has 0 aliphatic carbocycles. The Balaban J connectivity index is 2.96. The summed E-state index contributed by atoms with van der Waals surface area (Å²) in [5, 5.41) is -0.381. The highest BCUT2D eigenvalue weighted by Crippen LogP contribution is 2.22. The molecule has 0 amide bonds. The van der Waals surface area contributed by atoms with Gasteiger partial charge in [0, 0.05) is 5.88 Å². The van der Waals surface area contributed by atoms with Crippen LogP contribution in [0.5, 0.6) is 0 Å². The molecule has 0 radical (unpaired) electrons. The number of hydrogen-bond acceptors (Lipinski definition) is 2. The maximum absolute atomic E-state index is 11.9. The predicted octanol–water partition coefficient (Wildman–Crippen LogP) is 3.60. The van der Waals surface area contributed by atoms with Gasteiger partial charge in [-0.25, -0.2) is 8.42 Å². The first-order valence-electron chi connectivity index (χ1n) is 5.79. The Hall–Kier alpha value is -0.540. The fourth-order valence-electron chi connectivity index (χ4n) is 1.59. The molecule has 1 unspecified atom stereocenters.